The van der Waals surface area contributed by atoms with Crippen molar-refractivity contribution < 1.29 is 19.1 Å². The Labute approximate surface area is 142 Å². The van der Waals surface area contributed by atoms with Gasteiger partial charge >= 0.3 is 5.97 Å². The molecule has 0 aliphatic carbocycles. The topological polar surface area (TPSA) is 84.5 Å². The summed E-state index contributed by atoms with van der Waals surface area (Å²) in [6.07, 6.45) is 5.18. The van der Waals surface area contributed by atoms with E-state index in [1.54, 1.807) is 0 Å². The quantitative estimate of drug-likeness (QED) is 0.556. The van der Waals surface area contributed by atoms with Crippen molar-refractivity contribution in [3.05, 3.63) is 35.9 Å². The molecule has 0 heterocycles. The number of ether oxygens (including phenoxy) is 1. The number of hydrogen-bond donors (Lipinski definition) is 2. The number of benzene rings is 1. The summed E-state index contributed by atoms with van der Waals surface area (Å²) in [6, 6.07) is 8.48. The number of methoxy groups -OCH3 is 1. The van der Waals surface area contributed by atoms with Crippen LogP contribution < -0.4 is 10.6 Å². The number of hydrogen-bond acceptors (Lipinski definition) is 4. The first-order valence-corrected chi connectivity index (χ1v) is 7.63. The van der Waals surface area contributed by atoms with Crippen LogP contribution in [0.2, 0.25) is 0 Å². The lowest BCUT2D eigenvalue weighted by molar-refractivity contribution is -0.144. The lowest BCUT2D eigenvalue weighted by atomic mass is 10.1. The van der Waals surface area contributed by atoms with E-state index in [1.807, 2.05) is 37.3 Å². The highest BCUT2D eigenvalue weighted by Crippen LogP contribution is 2.11. The summed E-state index contributed by atoms with van der Waals surface area (Å²) in [4.78, 5) is 35.2. The van der Waals surface area contributed by atoms with Crippen molar-refractivity contribution >= 4 is 17.8 Å². The molecule has 0 bridgehead atoms. The number of amides is 2. The first kappa shape index (κ1) is 19.2. The summed E-state index contributed by atoms with van der Waals surface area (Å²) in [6.45, 7) is 1.87. The zero-order chi connectivity index (χ0) is 17.9. The van der Waals surface area contributed by atoms with Crippen molar-refractivity contribution in [3.63, 3.8) is 0 Å². The third kappa shape index (κ3) is 6.53. The second-order valence-corrected chi connectivity index (χ2v) is 5.25. The first-order chi connectivity index (χ1) is 11.5. The van der Waals surface area contributed by atoms with Gasteiger partial charge in [-0.25, -0.2) is 4.79 Å². The van der Waals surface area contributed by atoms with Crippen LogP contribution in [0.1, 0.15) is 37.8 Å². The number of rotatable bonds is 8. The zero-order valence-electron chi connectivity index (χ0n) is 13.9. The number of carbonyl (C=O) groups excluding carboxylic acids is 3. The highest BCUT2D eigenvalue weighted by atomic mass is 16.5. The molecule has 6 heteroatoms. The van der Waals surface area contributed by atoms with E-state index in [9.17, 15) is 14.4 Å². The molecule has 1 aromatic carbocycles. The van der Waals surface area contributed by atoms with Crippen LogP contribution in [0.5, 0.6) is 0 Å². The average Bonchev–Trinajstić information content (AvgIpc) is 2.59. The molecule has 1 aromatic rings. The predicted octanol–water partition coefficient (Wildman–Crippen LogP) is 1.33. The number of nitrogens with one attached hydrogen (secondary N) is 2. The minimum absolute atomic E-state index is 0.0208. The molecule has 0 radical (unpaired) electrons. The summed E-state index contributed by atoms with van der Waals surface area (Å²) in [5, 5.41) is 5.29. The van der Waals surface area contributed by atoms with Gasteiger partial charge in [0.25, 0.3) is 0 Å². The summed E-state index contributed by atoms with van der Waals surface area (Å²) in [5.74, 6) is 1.02. The van der Waals surface area contributed by atoms with E-state index < -0.39 is 17.9 Å². The first-order valence-electron chi connectivity index (χ1n) is 7.63. The molecule has 0 fully saturated rings. The third-order valence-electron chi connectivity index (χ3n) is 3.40. The number of terminal acetylenes is 1. The molecule has 0 spiro atoms. The van der Waals surface area contributed by atoms with Crippen LogP contribution in [-0.4, -0.2) is 30.9 Å². The number of esters is 1. The third-order valence-corrected chi connectivity index (χ3v) is 3.40. The molecule has 0 aliphatic rings. The van der Waals surface area contributed by atoms with Gasteiger partial charge in [0, 0.05) is 19.3 Å². The van der Waals surface area contributed by atoms with Gasteiger partial charge in [-0.3, -0.25) is 9.59 Å². The predicted molar refractivity (Wildman–Crippen MR) is 89.6 cm³/mol. The van der Waals surface area contributed by atoms with Crippen LogP contribution in [0.25, 0.3) is 0 Å². The lowest BCUT2D eigenvalue weighted by Crippen LogP contribution is -2.41. The fourth-order valence-corrected chi connectivity index (χ4v) is 2.09. The van der Waals surface area contributed by atoms with Gasteiger partial charge in [-0.15, -0.1) is 12.3 Å². The van der Waals surface area contributed by atoms with Crippen molar-refractivity contribution in [2.24, 2.45) is 0 Å². The van der Waals surface area contributed by atoms with E-state index in [2.05, 4.69) is 21.3 Å². The van der Waals surface area contributed by atoms with Crippen molar-refractivity contribution in [1.82, 2.24) is 10.6 Å². The van der Waals surface area contributed by atoms with E-state index in [1.165, 1.54) is 7.11 Å². The molecule has 0 saturated heterocycles. The van der Waals surface area contributed by atoms with Gasteiger partial charge in [-0.05, 0) is 12.5 Å². The Balaban J connectivity index is 2.42. The standard InChI is InChI=1S/C18H22N2O4/c1-4-8-15(18(23)24-3)20-17(22)12-11-16(21)19-13(2)14-9-6-5-7-10-14/h1,5-7,9-10,13,15H,8,11-12H2,2-3H3,(H,19,21)(H,20,22)/t13-,15+/m1/s1. The number of carbonyl (C=O) groups is 3. The molecule has 2 atom stereocenters. The van der Waals surface area contributed by atoms with Crippen LogP contribution in [0.3, 0.4) is 0 Å². The monoisotopic (exact) mass is 330 g/mol. The molecule has 1 rings (SSSR count). The van der Waals surface area contributed by atoms with E-state index in [4.69, 9.17) is 6.42 Å². The normalized spacial score (nSPS) is 12.4. The SMILES string of the molecule is C#CC[C@H](NC(=O)CCC(=O)N[C@H](C)c1ccccc1)C(=O)OC. The molecule has 2 amide bonds. The maximum atomic E-state index is 11.9. The molecule has 0 unspecified atom stereocenters. The molecule has 0 saturated carbocycles. The van der Waals surface area contributed by atoms with E-state index in [0.29, 0.717) is 0 Å². The molecule has 24 heavy (non-hydrogen) atoms. The van der Waals surface area contributed by atoms with Gasteiger partial charge in [0.05, 0.1) is 13.2 Å². The van der Waals surface area contributed by atoms with Crippen molar-refractivity contribution in [2.45, 2.75) is 38.3 Å². The van der Waals surface area contributed by atoms with Crippen LogP contribution in [-0.2, 0) is 19.1 Å². The minimum atomic E-state index is -0.890. The Morgan fingerprint density at radius 2 is 1.71 bits per heavy atom. The molecule has 0 aliphatic heterocycles. The average molecular weight is 330 g/mol. The van der Waals surface area contributed by atoms with Crippen molar-refractivity contribution in [2.75, 3.05) is 7.11 Å². The van der Waals surface area contributed by atoms with E-state index in [-0.39, 0.29) is 31.2 Å². The van der Waals surface area contributed by atoms with Gasteiger partial charge in [-0.2, -0.15) is 0 Å². The van der Waals surface area contributed by atoms with Crippen molar-refractivity contribution in [3.8, 4) is 12.3 Å². The smallest absolute Gasteiger partial charge is 0.329 e. The summed E-state index contributed by atoms with van der Waals surface area (Å²) < 4.78 is 4.56. The Kier molecular flexibility index (Phi) is 8.06. The van der Waals surface area contributed by atoms with Gasteiger partial charge in [-0.1, -0.05) is 30.3 Å². The highest BCUT2D eigenvalue weighted by Gasteiger charge is 2.20. The summed E-state index contributed by atoms with van der Waals surface area (Å²) >= 11 is 0. The zero-order valence-corrected chi connectivity index (χ0v) is 13.9. The van der Waals surface area contributed by atoms with Crippen molar-refractivity contribution in [1.29, 1.82) is 0 Å². The molecular weight excluding hydrogens is 308 g/mol. The Hall–Kier alpha value is -2.81. The van der Waals surface area contributed by atoms with Gasteiger partial charge in [0.15, 0.2) is 0 Å². The minimum Gasteiger partial charge on any atom is -0.467 e. The second-order valence-electron chi connectivity index (χ2n) is 5.25. The Morgan fingerprint density at radius 1 is 1.12 bits per heavy atom. The highest BCUT2D eigenvalue weighted by molar-refractivity contribution is 5.87. The molecule has 128 valence electrons. The van der Waals surface area contributed by atoms with Crippen LogP contribution >= 0.6 is 0 Å². The molecular formula is C18H22N2O4. The van der Waals surface area contributed by atoms with E-state index >= 15 is 0 Å². The maximum Gasteiger partial charge on any atom is 0.329 e. The summed E-state index contributed by atoms with van der Waals surface area (Å²) in [7, 11) is 1.22. The van der Waals surface area contributed by atoms with Crippen LogP contribution in [0.15, 0.2) is 30.3 Å². The molecule has 6 nitrogen and oxygen atoms in total. The molecule has 2 N–H and O–H groups in total. The van der Waals surface area contributed by atoms with Gasteiger partial charge in [0.2, 0.25) is 11.8 Å². The Morgan fingerprint density at radius 3 is 2.25 bits per heavy atom. The molecule has 0 aromatic heterocycles. The Bertz CT molecular complexity index is 607. The fraction of sp³-hybridized carbons (Fsp3) is 0.389. The van der Waals surface area contributed by atoms with Crippen LogP contribution in [0.4, 0.5) is 0 Å². The second kappa shape index (κ2) is 10.1. The van der Waals surface area contributed by atoms with E-state index in [0.717, 1.165) is 5.56 Å². The fourth-order valence-electron chi connectivity index (χ4n) is 2.09. The largest absolute Gasteiger partial charge is 0.467 e. The maximum absolute atomic E-state index is 11.9. The van der Waals surface area contributed by atoms with Gasteiger partial charge < -0.3 is 15.4 Å². The lowest BCUT2D eigenvalue weighted by Gasteiger charge is -2.15. The van der Waals surface area contributed by atoms with Gasteiger partial charge in [0.1, 0.15) is 6.04 Å². The van der Waals surface area contributed by atoms with Crippen LogP contribution in [0, 0.1) is 12.3 Å². The summed E-state index contributed by atoms with van der Waals surface area (Å²) in [5.41, 5.74) is 0.982.